The second kappa shape index (κ2) is 5.40. The first-order chi connectivity index (χ1) is 9.13. The highest BCUT2D eigenvalue weighted by molar-refractivity contribution is 5.60. The summed E-state index contributed by atoms with van der Waals surface area (Å²) in [6.07, 6.45) is 0. The van der Waals surface area contributed by atoms with E-state index >= 15 is 0 Å². The van der Waals surface area contributed by atoms with Crippen LogP contribution in [-0.2, 0) is 6.54 Å². The molecule has 0 aliphatic rings. The minimum atomic E-state index is -0.507. The van der Waals surface area contributed by atoms with Gasteiger partial charge in [-0.3, -0.25) is 0 Å². The number of nitrogen functional groups attached to an aromatic ring is 1. The quantitative estimate of drug-likeness (QED) is 0.858. The summed E-state index contributed by atoms with van der Waals surface area (Å²) in [5, 5.41) is 9.03. The van der Waals surface area contributed by atoms with Gasteiger partial charge in [0.15, 0.2) is 0 Å². The van der Waals surface area contributed by atoms with E-state index in [9.17, 15) is 4.39 Å². The number of nitriles is 1. The summed E-state index contributed by atoms with van der Waals surface area (Å²) >= 11 is 0. The van der Waals surface area contributed by atoms with Crippen molar-refractivity contribution < 1.29 is 4.39 Å². The SMILES string of the molecule is CN(Cc1ccccc1N)c1cccc(F)c1C#N. The molecule has 0 saturated heterocycles. The first-order valence-electron chi connectivity index (χ1n) is 5.86. The van der Waals surface area contributed by atoms with E-state index in [0.717, 1.165) is 5.56 Å². The predicted molar refractivity (Wildman–Crippen MR) is 74.1 cm³/mol. The number of halogens is 1. The number of nitrogens with zero attached hydrogens (tertiary/aromatic N) is 2. The molecule has 0 saturated carbocycles. The molecule has 4 heteroatoms. The van der Waals surface area contributed by atoms with Crippen LogP contribution in [0.1, 0.15) is 11.1 Å². The first-order valence-corrected chi connectivity index (χ1v) is 5.86. The van der Waals surface area contributed by atoms with Crippen LogP contribution in [0.4, 0.5) is 15.8 Å². The van der Waals surface area contributed by atoms with Gasteiger partial charge in [-0.25, -0.2) is 4.39 Å². The molecule has 2 N–H and O–H groups in total. The molecule has 0 heterocycles. The second-order valence-electron chi connectivity index (χ2n) is 4.30. The van der Waals surface area contributed by atoms with Gasteiger partial charge in [-0.2, -0.15) is 5.26 Å². The standard InChI is InChI=1S/C15H14FN3/c1-19(10-11-5-2-3-7-14(11)18)15-8-4-6-13(16)12(15)9-17/h2-8H,10,18H2,1H3. The summed E-state index contributed by atoms with van der Waals surface area (Å²) in [7, 11) is 1.81. The van der Waals surface area contributed by atoms with E-state index in [-0.39, 0.29) is 5.56 Å². The Bertz CT molecular complexity index is 632. The number of nitrogens with two attached hydrogens (primary N) is 1. The molecule has 0 aliphatic carbocycles. The second-order valence-corrected chi connectivity index (χ2v) is 4.30. The van der Waals surface area contributed by atoms with Crippen molar-refractivity contribution in [2.45, 2.75) is 6.54 Å². The smallest absolute Gasteiger partial charge is 0.143 e. The van der Waals surface area contributed by atoms with Crippen LogP contribution in [0, 0.1) is 17.1 Å². The van der Waals surface area contributed by atoms with Crippen molar-refractivity contribution in [1.82, 2.24) is 0 Å². The fraction of sp³-hybridized carbons (Fsp3) is 0.133. The molecule has 3 nitrogen and oxygen atoms in total. The maximum atomic E-state index is 13.6. The molecule has 0 aliphatic heterocycles. The predicted octanol–water partition coefficient (Wildman–Crippen LogP) is 2.92. The molecule has 0 bridgehead atoms. The minimum absolute atomic E-state index is 0.0551. The molecule has 19 heavy (non-hydrogen) atoms. The zero-order valence-corrected chi connectivity index (χ0v) is 10.6. The molecule has 2 aromatic carbocycles. The molecule has 0 aromatic heterocycles. The maximum absolute atomic E-state index is 13.6. The Hall–Kier alpha value is -2.54. The third kappa shape index (κ3) is 2.66. The number of benzene rings is 2. The lowest BCUT2D eigenvalue weighted by Gasteiger charge is -2.21. The number of hydrogen-bond donors (Lipinski definition) is 1. The Balaban J connectivity index is 2.31. The zero-order chi connectivity index (χ0) is 13.8. The lowest BCUT2D eigenvalue weighted by atomic mass is 10.1. The highest BCUT2D eigenvalue weighted by Gasteiger charge is 2.12. The Kier molecular flexibility index (Phi) is 3.67. The van der Waals surface area contributed by atoms with Crippen molar-refractivity contribution in [1.29, 1.82) is 5.26 Å². The minimum Gasteiger partial charge on any atom is -0.398 e. The lowest BCUT2D eigenvalue weighted by molar-refractivity contribution is 0.623. The van der Waals surface area contributed by atoms with Crippen LogP contribution in [0.5, 0.6) is 0 Å². The van der Waals surface area contributed by atoms with Gasteiger partial charge in [-0.05, 0) is 23.8 Å². The van der Waals surface area contributed by atoms with Gasteiger partial charge in [0.1, 0.15) is 17.4 Å². The molecule has 2 aromatic rings. The molecule has 0 fully saturated rings. The molecular weight excluding hydrogens is 241 g/mol. The third-order valence-corrected chi connectivity index (χ3v) is 2.98. The van der Waals surface area contributed by atoms with Gasteiger partial charge in [-0.1, -0.05) is 24.3 Å². The summed E-state index contributed by atoms with van der Waals surface area (Å²) in [6.45, 7) is 0.519. The average Bonchev–Trinajstić information content (AvgIpc) is 2.41. The van der Waals surface area contributed by atoms with Crippen molar-refractivity contribution >= 4 is 11.4 Å². The Morgan fingerprint density at radius 3 is 2.63 bits per heavy atom. The Morgan fingerprint density at radius 2 is 1.95 bits per heavy atom. The van der Waals surface area contributed by atoms with E-state index in [2.05, 4.69) is 0 Å². The van der Waals surface area contributed by atoms with E-state index < -0.39 is 5.82 Å². The van der Waals surface area contributed by atoms with Crippen molar-refractivity contribution in [3.63, 3.8) is 0 Å². The Morgan fingerprint density at radius 1 is 1.21 bits per heavy atom. The maximum Gasteiger partial charge on any atom is 0.143 e. The van der Waals surface area contributed by atoms with Gasteiger partial charge in [0.25, 0.3) is 0 Å². The van der Waals surface area contributed by atoms with Gasteiger partial charge in [0.2, 0.25) is 0 Å². The van der Waals surface area contributed by atoms with Gasteiger partial charge in [0, 0.05) is 19.3 Å². The van der Waals surface area contributed by atoms with E-state index in [4.69, 9.17) is 11.0 Å². The average molecular weight is 255 g/mol. The molecule has 0 atom stereocenters. The highest BCUT2D eigenvalue weighted by Crippen LogP contribution is 2.24. The van der Waals surface area contributed by atoms with Crippen LogP contribution < -0.4 is 10.6 Å². The highest BCUT2D eigenvalue weighted by atomic mass is 19.1. The van der Waals surface area contributed by atoms with Crippen LogP contribution in [0.15, 0.2) is 42.5 Å². The van der Waals surface area contributed by atoms with Gasteiger partial charge >= 0.3 is 0 Å². The van der Waals surface area contributed by atoms with Crippen LogP contribution in [0.2, 0.25) is 0 Å². The number of hydrogen-bond acceptors (Lipinski definition) is 3. The fourth-order valence-corrected chi connectivity index (χ4v) is 1.96. The van der Waals surface area contributed by atoms with Crippen molar-refractivity contribution in [3.8, 4) is 6.07 Å². The largest absolute Gasteiger partial charge is 0.398 e. The normalized spacial score (nSPS) is 9.95. The molecular formula is C15H14FN3. The number of para-hydroxylation sites is 1. The van der Waals surface area contributed by atoms with E-state index in [1.165, 1.54) is 6.07 Å². The lowest BCUT2D eigenvalue weighted by Crippen LogP contribution is -2.18. The van der Waals surface area contributed by atoms with Crippen molar-refractivity contribution in [2.75, 3.05) is 17.7 Å². The van der Waals surface area contributed by atoms with Crippen molar-refractivity contribution in [2.24, 2.45) is 0 Å². The molecule has 0 unspecified atom stereocenters. The third-order valence-electron chi connectivity index (χ3n) is 2.98. The summed E-state index contributed by atoms with van der Waals surface area (Å²) < 4.78 is 13.6. The molecule has 0 spiro atoms. The van der Waals surface area contributed by atoms with Gasteiger partial charge < -0.3 is 10.6 Å². The van der Waals surface area contributed by atoms with E-state index in [1.807, 2.05) is 42.3 Å². The molecule has 2 rings (SSSR count). The molecule has 0 radical (unpaired) electrons. The van der Waals surface area contributed by atoms with Crippen LogP contribution >= 0.6 is 0 Å². The van der Waals surface area contributed by atoms with E-state index in [1.54, 1.807) is 12.1 Å². The van der Waals surface area contributed by atoms with Crippen LogP contribution in [0.3, 0.4) is 0 Å². The molecule has 0 amide bonds. The summed E-state index contributed by atoms with van der Waals surface area (Å²) in [5.74, 6) is -0.507. The zero-order valence-electron chi connectivity index (χ0n) is 10.6. The summed E-state index contributed by atoms with van der Waals surface area (Å²) in [5.41, 5.74) is 8.12. The number of rotatable bonds is 3. The topological polar surface area (TPSA) is 53.0 Å². The first kappa shape index (κ1) is 12.9. The number of anilines is 2. The molecule has 96 valence electrons. The van der Waals surface area contributed by atoms with Gasteiger partial charge in [0.05, 0.1) is 5.69 Å². The fourth-order valence-electron chi connectivity index (χ4n) is 1.96. The van der Waals surface area contributed by atoms with E-state index in [0.29, 0.717) is 17.9 Å². The van der Waals surface area contributed by atoms with Gasteiger partial charge in [-0.15, -0.1) is 0 Å². The summed E-state index contributed by atoms with van der Waals surface area (Å²) in [4.78, 5) is 1.81. The van der Waals surface area contributed by atoms with Crippen LogP contribution in [-0.4, -0.2) is 7.05 Å². The van der Waals surface area contributed by atoms with Crippen LogP contribution in [0.25, 0.3) is 0 Å². The van der Waals surface area contributed by atoms with Crippen molar-refractivity contribution in [3.05, 3.63) is 59.4 Å². The monoisotopic (exact) mass is 255 g/mol. The Labute approximate surface area is 111 Å². The summed E-state index contributed by atoms with van der Waals surface area (Å²) in [6, 6.07) is 14.0.